The standard InChI is InChI=1S/9C11H16N4/c9*1-9(12)15-11(13)14-8-7-10-5-3-2-4-6-10/h9*2-6H,7-8H2,1H3,(H4,12,13,14,15)/i3D,6D,7D,8D;3D,5D,7D,8D;3D,5D,6D,8D;3D,5D,6D,7D;2*3D,4D,5D,8D;3D,4D,5D,7D;3D,7D2,8D2;3D,7D,8D2. The van der Waals surface area contributed by atoms with Gasteiger partial charge in [0.15, 0.2) is 53.6 Å². The number of rotatable bonds is 27. The third kappa shape index (κ3) is 74.0. The maximum Gasteiger partial charge on any atom is 0.194 e. The van der Waals surface area contributed by atoms with Crippen LogP contribution >= 0.6 is 0 Å². The SMILES string of the molecule is [2H]c1cc([2H])c([2H])c(C([2H])CN=C(N)NC(C)=N)c1.[2H]c1cc([2H])c([2H])c(CC([2H])N=C(N)NC(C)=N)c1.[2H]c1cc([2H])c([2H])c(CC([2H])N=C(N)NC(C)=N)c1.[2H]c1ccc([2H])c(C([2H])C([2H])N=C(N)NC(C)=N)c1.[2H]c1ccc([2H])c(C([2H])CN=C(N)NC(C)=N)c1[2H].[2H]c1ccc([2H])c(CC([2H])N=C(N)NC(C)=N)c1[2H].[2H]c1cccc(C([2H])([2H])C([2H])([2H])N=C(N)NC(C)=N)c1.[2H]c1cccc(C([2H])C([2H])([2H])N=C(N)NC(C)=N)c1.[2H]c1cccc(C([2H])C([2H])N=C(N)NC(C)=N)c1[2H]. The Labute approximate surface area is 849 Å². The monoisotopic (exact) mass is 1870 g/mol. The fourth-order valence-corrected chi connectivity index (χ4v) is 8.09. The van der Waals surface area contributed by atoms with Crippen LogP contribution in [0.25, 0.3) is 0 Å². The lowest BCUT2D eigenvalue weighted by Crippen LogP contribution is -2.35. The van der Waals surface area contributed by atoms with E-state index in [-0.39, 0.29) is 293 Å². The van der Waals surface area contributed by atoms with Crippen molar-refractivity contribution in [2.75, 3.05) is 58.7 Å². The van der Waals surface area contributed by atoms with E-state index < -0.39 is 84.0 Å². The highest BCUT2D eigenvalue weighted by Gasteiger charge is 2.03. The van der Waals surface area contributed by atoms with Crippen molar-refractivity contribution in [1.82, 2.24) is 47.9 Å². The van der Waals surface area contributed by atoms with Gasteiger partial charge in [0.1, 0.15) is 0 Å². The Morgan fingerprint density at radius 1 is 0.222 bits per heavy atom. The van der Waals surface area contributed by atoms with Gasteiger partial charge in [-0.1, -0.05) is 272 Å². The normalized spacial score (nSPS) is 17.7. The van der Waals surface area contributed by atoms with Gasteiger partial charge in [0.25, 0.3) is 0 Å². The highest BCUT2D eigenvalue weighted by molar-refractivity contribution is 6.00. The molecule has 0 aromatic heterocycles. The molecule has 0 bridgehead atoms. The maximum absolute atomic E-state index is 7.91. The zero-order valence-corrected chi connectivity index (χ0v) is 75.9. The van der Waals surface area contributed by atoms with Crippen molar-refractivity contribution in [3.05, 3.63) is 323 Å². The molecule has 0 amide bonds. The smallest absolute Gasteiger partial charge is 0.194 e. The molecule has 0 saturated carbocycles. The Kier molecular flexibility index (Phi) is 37.7. The third-order valence-electron chi connectivity index (χ3n) is 13.2. The number of amidine groups is 9. The minimum Gasteiger partial charge on any atom is -0.370 e. The fourth-order valence-electron chi connectivity index (χ4n) is 8.09. The van der Waals surface area contributed by atoms with E-state index in [1.54, 1.807) is 24.3 Å². The van der Waals surface area contributed by atoms with Gasteiger partial charge in [0.05, 0.1) is 93.6 Å². The van der Waals surface area contributed by atoms with Crippen molar-refractivity contribution in [2.45, 2.75) is 120 Å². The van der Waals surface area contributed by atoms with E-state index in [1.807, 2.05) is 0 Å². The van der Waals surface area contributed by atoms with Crippen molar-refractivity contribution in [2.24, 2.45) is 96.5 Å². The lowest BCUT2D eigenvalue weighted by Gasteiger charge is -2.02. The number of nitrogens with zero attached hydrogens (tertiary/aromatic N) is 9. The van der Waals surface area contributed by atoms with E-state index in [2.05, 4.69) is 92.8 Å². The predicted octanol–water partition coefficient (Wildman–Crippen LogP) is 10.2. The molecule has 720 valence electrons. The summed E-state index contributed by atoms with van der Waals surface area (Å²) in [6.45, 7) is 3.05. The number of aryl methyl sites for hydroxylation is 6. The van der Waals surface area contributed by atoms with Gasteiger partial charge in [-0.2, -0.15) is 0 Å². The predicted molar refractivity (Wildman–Crippen MR) is 569 cm³/mol. The van der Waals surface area contributed by atoms with Crippen LogP contribution < -0.4 is 99.5 Å². The number of nitrogens with one attached hydrogen (secondary N) is 18. The quantitative estimate of drug-likeness (QED) is 0.0168. The van der Waals surface area contributed by atoms with Crippen LogP contribution in [-0.2, 0) is 57.6 Å². The van der Waals surface area contributed by atoms with Gasteiger partial charge in [-0.05, 0) is 170 Å². The summed E-state index contributed by atoms with van der Waals surface area (Å²) >= 11 is 0. The lowest BCUT2D eigenvalue weighted by atomic mass is 10.2. The molecule has 0 aliphatic carbocycles. The highest BCUT2D eigenvalue weighted by Crippen LogP contribution is 2.07. The molecule has 0 aliphatic heterocycles. The first-order valence-corrected chi connectivity index (χ1v) is 39.6. The van der Waals surface area contributed by atoms with E-state index in [1.165, 1.54) is 184 Å². The Hall–Kier alpha value is -16.6. The Morgan fingerprint density at radius 3 is 0.859 bits per heavy atom. The summed E-state index contributed by atoms with van der Waals surface area (Å²) in [6.07, 6.45) is -7.56. The first kappa shape index (κ1) is 67.6. The summed E-state index contributed by atoms with van der Waals surface area (Å²) in [4.78, 5) is 33.7. The third-order valence-corrected chi connectivity index (χ3v) is 13.2. The second-order valence-corrected chi connectivity index (χ2v) is 25.7. The van der Waals surface area contributed by atoms with Crippen LogP contribution in [0.1, 0.15) is 163 Å². The van der Waals surface area contributed by atoms with Crippen LogP contribution in [0.3, 0.4) is 0 Å². The number of benzene rings is 9. The van der Waals surface area contributed by atoms with Crippen molar-refractivity contribution in [1.29, 1.82) is 48.7 Å². The van der Waals surface area contributed by atoms with Gasteiger partial charge in [0, 0.05) is 68.3 Å². The first-order chi connectivity index (χ1) is 79.4. The topological polar surface area (TPSA) is 668 Å². The van der Waals surface area contributed by atoms with Gasteiger partial charge < -0.3 is 99.5 Å². The second-order valence-electron chi connectivity index (χ2n) is 25.7. The summed E-state index contributed by atoms with van der Waals surface area (Å²) in [5.74, 6) is -0.112. The number of guanidine groups is 9. The van der Waals surface area contributed by atoms with Gasteiger partial charge in [-0.25, -0.2) is 0 Å². The van der Waals surface area contributed by atoms with Gasteiger partial charge in [0.2, 0.25) is 0 Å². The van der Waals surface area contributed by atoms with Crippen LogP contribution in [0.2, 0.25) is 0 Å². The van der Waals surface area contributed by atoms with E-state index in [4.69, 9.17) is 151 Å². The average Bonchev–Trinajstić information content (AvgIpc) is 0.777. The number of nitrogens with two attached hydrogens (primary N) is 9. The summed E-state index contributed by atoms with van der Waals surface area (Å²) < 4.78 is 284. The number of hydrogen-bond acceptors (Lipinski definition) is 18. The van der Waals surface area contributed by atoms with E-state index >= 15 is 0 Å². The van der Waals surface area contributed by atoms with Crippen LogP contribution in [0.5, 0.6) is 0 Å². The molecule has 36 nitrogen and oxygen atoms in total. The summed E-state index contributed by atoms with van der Waals surface area (Å²) in [5, 5.41) is 86.4. The maximum atomic E-state index is 7.91. The van der Waals surface area contributed by atoms with E-state index in [0.717, 1.165) is 0 Å². The molecular formula is C99H144N36. The molecule has 0 fully saturated rings. The number of aliphatic imine (C=N–C) groups is 9. The molecule has 0 aliphatic rings. The Bertz CT molecular complexity index is 7150. The fraction of sp³-hybridized carbons (Fsp3) is 0.273. The average molecular weight is 1880 g/mol. The molecule has 0 radical (unpaired) electrons. The minimum atomic E-state index is -2.65. The molecule has 0 heterocycles. The zero-order valence-electron chi connectivity index (χ0n) is 113. The summed E-state index contributed by atoms with van der Waals surface area (Å²) in [7, 11) is 0. The zero-order chi connectivity index (χ0) is 132. The largest absolute Gasteiger partial charge is 0.370 e. The number of hydrogen-bond donors (Lipinski definition) is 27. The molecule has 9 rings (SSSR count). The van der Waals surface area contributed by atoms with Crippen LogP contribution in [-0.4, -0.2) is 165 Å². The molecule has 36 N–H and O–H groups in total. The molecule has 0 spiro atoms. The minimum absolute atomic E-state index is 0.000880. The molecule has 36 heteroatoms. The first-order valence-electron chi connectivity index (χ1n) is 58.9. The van der Waals surface area contributed by atoms with Gasteiger partial charge >= 0.3 is 0 Å². The highest BCUT2D eigenvalue weighted by atomic mass is 15.2. The van der Waals surface area contributed by atoms with Gasteiger partial charge in [-0.15, -0.1) is 0 Å². The molecule has 135 heavy (non-hydrogen) atoms. The van der Waals surface area contributed by atoms with Crippen LogP contribution in [0, 0.1) is 48.7 Å². The molecule has 0 saturated heterocycles. The lowest BCUT2D eigenvalue weighted by molar-refractivity contribution is 0.955. The Balaban J connectivity index is 0.000000968. The van der Waals surface area contributed by atoms with Crippen molar-refractivity contribution in [3.63, 3.8) is 0 Å². The molecule has 9 aromatic carbocycles. The second kappa shape index (κ2) is 75.3. The Morgan fingerprint density at radius 2 is 0.459 bits per heavy atom. The van der Waals surface area contributed by atoms with Crippen LogP contribution in [0.15, 0.2) is 317 Å². The van der Waals surface area contributed by atoms with E-state index in [0.29, 0.717) is 22.3 Å². The van der Waals surface area contributed by atoms with Crippen LogP contribution in [0.4, 0.5) is 0 Å². The molecule has 10 unspecified atom stereocenters. The summed E-state index contributed by atoms with van der Waals surface area (Å²) in [6, 6.07) is 34.7. The molecule has 9 aromatic rings. The summed E-state index contributed by atoms with van der Waals surface area (Å²) in [5.41, 5.74) is 51.7. The van der Waals surface area contributed by atoms with Crippen molar-refractivity contribution >= 4 is 106 Å². The van der Waals surface area contributed by atoms with E-state index in [9.17, 15) is 0 Å². The van der Waals surface area contributed by atoms with Gasteiger partial charge in [-0.3, -0.25) is 93.6 Å². The molecular weight excluding hydrogens is 1690 g/mol. The van der Waals surface area contributed by atoms with Crippen molar-refractivity contribution < 1.29 is 50.7 Å². The van der Waals surface area contributed by atoms with Crippen molar-refractivity contribution in [3.8, 4) is 0 Å². The molecule has 10 atom stereocenters.